The minimum atomic E-state index is -0.261. The monoisotopic (exact) mass is 232 g/mol. The Kier molecular flexibility index (Phi) is 3.75. The van der Waals surface area contributed by atoms with Crippen LogP contribution in [0.2, 0.25) is 0 Å². The summed E-state index contributed by atoms with van der Waals surface area (Å²) in [5.41, 5.74) is 2.72. The lowest BCUT2D eigenvalue weighted by Gasteiger charge is -2.20. The molecular weight excluding hydrogens is 216 g/mol. The van der Waals surface area contributed by atoms with Crippen LogP contribution in [0.4, 0.5) is 0 Å². The summed E-state index contributed by atoms with van der Waals surface area (Å²) < 4.78 is 2.14. The first kappa shape index (κ1) is 11.6. The smallest absolute Gasteiger partial charge is 0.203 e. The van der Waals surface area contributed by atoms with Crippen LogP contribution >= 0.6 is 0 Å². The Bertz CT molecular complexity index is 441. The molecule has 1 aromatic carbocycles. The van der Waals surface area contributed by atoms with Crippen molar-refractivity contribution in [2.75, 3.05) is 6.54 Å². The summed E-state index contributed by atoms with van der Waals surface area (Å²) in [4.78, 5) is 9.92. The number of hydrogen-bond donors (Lipinski definition) is 0. The van der Waals surface area contributed by atoms with Crippen LogP contribution in [0.15, 0.2) is 24.3 Å². The minimum Gasteiger partial charge on any atom is -0.365 e. The molecule has 0 spiro atoms. The van der Waals surface area contributed by atoms with Crippen LogP contribution in [0.1, 0.15) is 24.0 Å². The lowest BCUT2D eigenvalue weighted by Crippen LogP contribution is -2.18. The van der Waals surface area contributed by atoms with E-state index in [9.17, 15) is 10.1 Å². The number of hydrogen-bond acceptors (Lipinski definition) is 2. The van der Waals surface area contributed by atoms with Crippen molar-refractivity contribution in [3.05, 3.63) is 52.1 Å². The average Bonchev–Trinajstić information content (AvgIpc) is 2.34. The average molecular weight is 232 g/mol. The second-order valence-electron chi connectivity index (χ2n) is 4.21. The third-order valence-corrected chi connectivity index (χ3v) is 2.93. The molecule has 2 rings (SSSR count). The topological polar surface area (TPSA) is 46.1 Å². The highest BCUT2D eigenvalue weighted by Gasteiger charge is 2.11. The first-order chi connectivity index (χ1) is 8.25. The van der Waals surface area contributed by atoms with E-state index in [0.717, 1.165) is 19.4 Å². The number of rotatable bonds is 4. The Balaban J connectivity index is 1.89. The fourth-order valence-corrected chi connectivity index (χ4v) is 2.00. The standard InChI is InChI=1S/C13H16N2O2/c16-15(17)9-4-3-8-14-10-7-12-5-1-2-6-13(12)11-14/h1-2,5-6,8,10H,3-4,7,9,11H2. The summed E-state index contributed by atoms with van der Waals surface area (Å²) in [5, 5.41) is 10.2. The van der Waals surface area contributed by atoms with Gasteiger partial charge >= 0.3 is 0 Å². The normalized spacial score (nSPS) is 16.4. The molecule has 0 radical (unpaired) electrons. The van der Waals surface area contributed by atoms with Gasteiger partial charge in [-0.15, -0.1) is 0 Å². The van der Waals surface area contributed by atoms with Gasteiger partial charge in [0.15, 0.2) is 0 Å². The van der Waals surface area contributed by atoms with Crippen molar-refractivity contribution in [3.8, 4) is 0 Å². The molecule has 0 saturated heterocycles. The predicted molar refractivity (Wildman–Crippen MR) is 65.6 cm³/mol. The van der Waals surface area contributed by atoms with Crippen molar-refractivity contribution in [1.29, 1.82) is 0 Å². The van der Waals surface area contributed by atoms with Gasteiger partial charge in [-0.05, 0) is 18.4 Å². The Morgan fingerprint density at radius 3 is 2.94 bits per heavy atom. The van der Waals surface area contributed by atoms with Crippen LogP contribution in [0.3, 0.4) is 0 Å². The van der Waals surface area contributed by atoms with Crippen LogP contribution < -0.4 is 0 Å². The van der Waals surface area contributed by atoms with Crippen molar-refractivity contribution < 1.29 is 9.50 Å². The summed E-state index contributed by atoms with van der Waals surface area (Å²) >= 11 is 0. The fraction of sp³-hybridized carbons (Fsp3) is 0.385. The lowest BCUT2D eigenvalue weighted by molar-refractivity contribution is -0.506. The van der Waals surface area contributed by atoms with Gasteiger partial charge in [-0.2, -0.15) is 0 Å². The maximum Gasteiger partial charge on any atom is 0.203 e. The SMILES string of the molecule is O=[N+]([O-])CCCC=[N+]1[CH-]Cc2ccccc2C1. The zero-order valence-corrected chi connectivity index (χ0v) is 9.71. The summed E-state index contributed by atoms with van der Waals surface area (Å²) in [5.74, 6) is 0. The van der Waals surface area contributed by atoms with Gasteiger partial charge in [0.2, 0.25) is 6.54 Å². The van der Waals surface area contributed by atoms with Gasteiger partial charge in [-0.1, -0.05) is 24.3 Å². The Morgan fingerprint density at radius 1 is 1.41 bits per heavy atom. The molecule has 0 aromatic heterocycles. The number of nitro groups is 1. The van der Waals surface area contributed by atoms with Crippen molar-refractivity contribution in [2.45, 2.75) is 25.8 Å². The quantitative estimate of drug-likeness (QED) is 0.262. The van der Waals surface area contributed by atoms with E-state index in [0.29, 0.717) is 6.42 Å². The third kappa shape index (κ3) is 3.31. The van der Waals surface area contributed by atoms with Crippen molar-refractivity contribution in [2.24, 2.45) is 0 Å². The van der Waals surface area contributed by atoms with Gasteiger partial charge in [0, 0.05) is 29.7 Å². The van der Waals surface area contributed by atoms with E-state index in [1.165, 1.54) is 11.1 Å². The predicted octanol–water partition coefficient (Wildman–Crippen LogP) is 2.04. The van der Waals surface area contributed by atoms with Gasteiger partial charge in [0.25, 0.3) is 0 Å². The Morgan fingerprint density at radius 2 is 2.18 bits per heavy atom. The second kappa shape index (κ2) is 5.48. The molecular formula is C13H16N2O2. The molecule has 1 aliphatic rings. The zero-order chi connectivity index (χ0) is 12.1. The van der Waals surface area contributed by atoms with Crippen molar-refractivity contribution in [1.82, 2.24) is 0 Å². The van der Waals surface area contributed by atoms with Gasteiger partial charge in [0.05, 0.1) is 0 Å². The largest absolute Gasteiger partial charge is 0.365 e. The number of benzene rings is 1. The maximum atomic E-state index is 10.2. The molecule has 0 N–H and O–H groups in total. The van der Waals surface area contributed by atoms with E-state index in [-0.39, 0.29) is 11.5 Å². The zero-order valence-electron chi connectivity index (χ0n) is 9.71. The Hall–Kier alpha value is -1.84. The molecule has 1 heterocycles. The summed E-state index contributed by atoms with van der Waals surface area (Å²) in [7, 11) is 0. The molecule has 0 fully saturated rings. The third-order valence-electron chi connectivity index (χ3n) is 2.93. The first-order valence-electron chi connectivity index (χ1n) is 5.86. The number of fused-ring (bicyclic) bond motifs is 1. The van der Waals surface area contributed by atoms with E-state index < -0.39 is 0 Å². The van der Waals surface area contributed by atoms with E-state index in [1.54, 1.807) is 0 Å². The number of unbranched alkanes of at least 4 members (excludes halogenated alkanes) is 1. The molecule has 0 aliphatic carbocycles. The molecule has 17 heavy (non-hydrogen) atoms. The van der Waals surface area contributed by atoms with Gasteiger partial charge in [-0.3, -0.25) is 10.1 Å². The van der Waals surface area contributed by atoms with E-state index in [2.05, 4.69) is 41.6 Å². The Labute approximate surface area is 101 Å². The summed E-state index contributed by atoms with van der Waals surface area (Å²) in [6.07, 6.45) is 4.37. The van der Waals surface area contributed by atoms with Gasteiger partial charge in [0.1, 0.15) is 6.54 Å². The van der Waals surface area contributed by atoms with Crippen LogP contribution in [-0.4, -0.2) is 22.3 Å². The van der Waals surface area contributed by atoms with E-state index in [4.69, 9.17) is 0 Å². The maximum absolute atomic E-state index is 10.2. The highest BCUT2D eigenvalue weighted by Crippen LogP contribution is 2.17. The van der Waals surface area contributed by atoms with Crippen LogP contribution in [0.5, 0.6) is 0 Å². The molecule has 4 heteroatoms. The molecule has 0 unspecified atom stereocenters. The van der Waals surface area contributed by atoms with Crippen LogP contribution in [-0.2, 0) is 13.0 Å². The molecule has 0 amide bonds. The minimum absolute atomic E-state index is 0.0565. The van der Waals surface area contributed by atoms with Crippen LogP contribution in [0.25, 0.3) is 0 Å². The molecule has 90 valence electrons. The van der Waals surface area contributed by atoms with Crippen molar-refractivity contribution in [3.63, 3.8) is 0 Å². The van der Waals surface area contributed by atoms with Crippen LogP contribution in [0, 0.1) is 16.7 Å². The second-order valence-corrected chi connectivity index (χ2v) is 4.21. The van der Waals surface area contributed by atoms with Gasteiger partial charge in [-0.25, -0.2) is 0 Å². The lowest BCUT2D eigenvalue weighted by atomic mass is 10.0. The molecule has 0 saturated carbocycles. The van der Waals surface area contributed by atoms with E-state index >= 15 is 0 Å². The fourth-order valence-electron chi connectivity index (χ4n) is 2.00. The molecule has 4 nitrogen and oxygen atoms in total. The van der Waals surface area contributed by atoms with E-state index in [1.807, 2.05) is 0 Å². The molecule has 1 aromatic rings. The molecule has 0 bridgehead atoms. The molecule has 0 atom stereocenters. The number of nitrogens with zero attached hydrogens (tertiary/aromatic N) is 2. The summed E-state index contributed by atoms with van der Waals surface area (Å²) in [6, 6.07) is 8.40. The highest BCUT2D eigenvalue weighted by molar-refractivity contribution is 5.51. The summed E-state index contributed by atoms with van der Waals surface area (Å²) in [6.45, 7) is 3.09. The van der Waals surface area contributed by atoms with Gasteiger partial charge < -0.3 is 4.58 Å². The first-order valence-corrected chi connectivity index (χ1v) is 5.86. The molecule has 1 aliphatic heterocycles. The van der Waals surface area contributed by atoms with Crippen molar-refractivity contribution >= 4 is 6.21 Å². The highest BCUT2D eigenvalue weighted by atomic mass is 16.6.